The van der Waals surface area contributed by atoms with Gasteiger partial charge in [0, 0.05) is 17.5 Å². The molecule has 3 fully saturated rings. The van der Waals surface area contributed by atoms with Crippen LogP contribution in [-0.4, -0.2) is 50.5 Å². The second-order valence-corrected chi connectivity index (χ2v) is 10.5. The number of likely N-dealkylation sites (tertiary alicyclic amines) is 1. The van der Waals surface area contributed by atoms with Gasteiger partial charge in [-0.05, 0) is 55.6 Å². The van der Waals surface area contributed by atoms with Gasteiger partial charge in [-0.25, -0.2) is 0 Å². The molecule has 0 bridgehead atoms. The highest BCUT2D eigenvalue weighted by Crippen LogP contribution is 2.48. The first kappa shape index (κ1) is 22.8. The van der Waals surface area contributed by atoms with E-state index in [9.17, 15) is 14.4 Å². The molecule has 186 valence electrons. The van der Waals surface area contributed by atoms with Gasteiger partial charge in [-0.2, -0.15) is 5.10 Å². The van der Waals surface area contributed by atoms with Crippen molar-refractivity contribution in [3.05, 3.63) is 65.9 Å². The number of fused-ring (bicyclic) bond motifs is 2. The smallest absolute Gasteiger partial charge is 0.269 e. The van der Waals surface area contributed by atoms with Crippen LogP contribution in [0.15, 0.2) is 54.6 Å². The fraction of sp³-hybridized carbons (Fsp3) is 0.429. The van der Waals surface area contributed by atoms with Crippen LogP contribution in [0.4, 0.5) is 0 Å². The number of carbonyl (C=O) groups is 3. The number of rotatable bonds is 6. The number of primary amides is 1. The van der Waals surface area contributed by atoms with Gasteiger partial charge in [0.1, 0.15) is 12.6 Å². The Labute approximate surface area is 209 Å². The molecule has 36 heavy (non-hydrogen) atoms. The van der Waals surface area contributed by atoms with Gasteiger partial charge in [0.15, 0.2) is 5.69 Å². The summed E-state index contributed by atoms with van der Waals surface area (Å²) < 4.78 is 1.54. The molecule has 3 aromatic rings. The molecule has 1 aliphatic heterocycles. The molecule has 3 aliphatic rings. The highest BCUT2D eigenvalue weighted by atomic mass is 16.2. The molecule has 8 nitrogen and oxygen atoms in total. The molecule has 8 heteroatoms. The fourth-order valence-electron chi connectivity index (χ4n) is 6.34. The Balaban J connectivity index is 1.16. The van der Waals surface area contributed by atoms with E-state index in [1.165, 1.54) is 10.2 Å². The van der Waals surface area contributed by atoms with Crippen LogP contribution >= 0.6 is 0 Å². The van der Waals surface area contributed by atoms with Crippen LogP contribution < -0.4 is 11.1 Å². The lowest BCUT2D eigenvalue weighted by Crippen LogP contribution is -2.51. The third-order valence-electron chi connectivity index (χ3n) is 8.16. The summed E-state index contributed by atoms with van der Waals surface area (Å²) in [6.45, 7) is -0.0275. The maximum absolute atomic E-state index is 13.5. The summed E-state index contributed by atoms with van der Waals surface area (Å²) in [5.41, 5.74) is 7.68. The quantitative estimate of drug-likeness (QED) is 0.559. The Bertz CT molecular complexity index is 1320. The molecule has 5 atom stereocenters. The predicted molar refractivity (Wildman–Crippen MR) is 135 cm³/mol. The lowest BCUT2D eigenvalue weighted by Gasteiger charge is -2.33. The molecular formula is C28H31N5O3. The average molecular weight is 486 g/mol. The van der Waals surface area contributed by atoms with Crippen LogP contribution in [0.25, 0.3) is 10.9 Å². The number of benzene rings is 2. The van der Waals surface area contributed by atoms with Gasteiger partial charge >= 0.3 is 0 Å². The van der Waals surface area contributed by atoms with Crippen LogP contribution in [-0.2, 0) is 16.1 Å². The molecule has 3 N–H and O–H groups in total. The number of nitrogens with one attached hydrogen (secondary N) is 1. The zero-order valence-corrected chi connectivity index (χ0v) is 20.2. The zero-order valence-electron chi connectivity index (χ0n) is 20.2. The van der Waals surface area contributed by atoms with Crippen molar-refractivity contribution < 1.29 is 14.4 Å². The van der Waals surface area contributed by atoms with Crippen LogP contribution in [0.1, 0.15) is 60.5 Å². The summed E-state index contributed by atoms with van der Waals surface area (Å²) in [4.78, 5) is 40.5. The van der Waals surface area contributed by atoms with E-state index in [-0.39, 0.29) is 36.1 Å². The number of piperidine rings is 1. The summed E-state index contributed by atoms with van der Waals surface area (Å²) in [5.74, 6) is 0.0307. The van der Waals surface area contributed by atoms with Gasteiger partial charge in [0.05, 0.1) is 5.52 Å². The lowest BCUT2D eigenvalue weighted by molar-refractivity contribution is -0.140. The van der Waals surface area contributed by atoms with E-state index in [0.717, 1.165) is 32.1 Å². The van der Waals surface area contributed by atoms with Gasteiger partial charge in [-0.3, -0.25) is 19.1 Å². The normalized spacial score (nSPS) is 27.0. The minimum atomic E-state index is -0.626. The van der Waals surface area contributed by atoms with E-state index in [1.807, 2.05) is 24.3 Å². The molecule has 0 spiro atoms. The molecule has 2 saturated carbocycles. The van der Waals surface area contributed by atoms with E-state index in [2.05, 4.69) is 34.7 Å². The standard InChI is InChI=1S/C28H31N5O3/c29-27(35)26-21-11-4-5-12-22(21)32(31-26)16-25(34)33-23-14-19(23)15-24(33)28(36)30-20-10-6-9-18(13-20)17-7-2-1-3-8-17/h1-5,7-8,11-12,18-20,23-24H,6,9-10,13-16H2,(H2,29,35)(H,30,36)/t18-,19-,20-,23-,24+/m1/s1. The lowest BCUT2D eigenvalue weighted by atomic mass is 9.81. The first-order chi connectivity index (χ1) is 17.5. The number of nitrogens with two attached hydrogens (primary N) is 1. The molecule has 3 amide bonds. The SMILES string of the molecule is NC(=O)c1nn(CC(=O)N2[C@@H]3C[C@@H]3C[C@H]2C(=O)N[C@@H]2CCC[C@@H](c3ccccc3)C2)c2ccccc12. The van der Waals surface area contributed by atoms with Gasteiger partial charge in [0.25, 0.3) is 5.91 Å². The molecule has 2 aromatic carbocycles. The van der Waals surface area contributed by atoms with Crippen molar-refractivity contribution in [3.8, 4) is 0 Å². The number of para-hydroxylation sites is 1. The summed E-state index contributed by atoms with van der Waals surface area (Å²) in [5, 5.41) is 8.24. The van der Waals surface area contributed by atoms with Crippen molar-refractivity contribution >= 4 is 28.6 Å². The molecular weight excluding hydrogens is 454 g/mol. The first-order valence-corrected chi connectivity index (χ1v) is 12.9. The topological polar surface area (TPSA) is 110 Å². The fourth-order valence-corrected chi connectivity index (χ4v) is 6.34. The number of hydrogen-bond donors (Lipinski definition) is 2. The Hall–Kier alpha value is -3.68. The second kappa shape index (κ2) is 9.08. The molecule has 1 saturated heterocycles. The van der Waals surface area contributed by atoms with E-state index in [4.69, 9.17) is 5.73 Å². The zero-order chi connectivity index (χ0) is 24.8. The Morgan fingerprint density at radius 3 is 2.56 bits per heavy atom. The van der Waals surface area contributed by atoms with Crippen molar-refractivity contribution in [3.63, 3.8) is 0 Å². The highest BCUT2D eigenvalue weighted by molar-refractivity contribution is 6.04. The number of nitrogens with zero attached hydrogens (tertiary/aromatic N) is 3. The van der Waals surface area contributed by atoms with Crippen LogP contribution in [0, 0.1) is 5.92 Å². The first-order valence-electron chi connectivity index (χ1n) is 12.9. The predicted octanol–water partition coefficient (Wildman–Crippen LogP) is 2.97. The Kier molecular flexibility index (Phi) is 5.74. The number of carbonyl (C=O) groups excluding carboxylic acids is 3. The number of amides is 3. The summed E-state index contributed by atoms with van der Waals surface area (Å²) >= 11 is 0. The van der Waals surface area contributed by atoms with Crippen LogP contribution in [0.2, 0.25) is 0 Å². The maximum atomic E-state index is 13.5. The monoisotopic (exact) mass is 485 g/mol. The van der Waals surface area contributed by atoms with Crippen molar-refractivity contribution in [2.45, 2.75) is 69.1 Å². The van der Waals surface area contributed by atoms with Crippen molar-refractivity contribution in [1.82, 2.24) is 20.0 Å². The molecule has 0 unspecified atom stereocenters. The Morgan fingerprint density at radius 1 is 0.972 bits per heavy atom. The van der Waals surface area contributed by atoms with Crippen molar-refractivity contribution in [1.29, 1.82) is 0 Å². The average Bonchev–Trinajstić information content (AvgIpc) is 3.39. The van der Waals surface area contributed by atoms with Crippen molar-refractivity contribution in [2.24, 2.45) is 11.7 Å². The van der Waals surface area contributed by atoms with E-state index >= 15 is 0 Å². The molecule has 1 aromatic heterocycles. The van der Waals surface area contributed by atoms with Crippen molar-refractivity contribution in [2.75, 3.05) is 0 Å². The Morgan fingerprint density at radius 2 is 1.75 bits per heavy atom. The van der Waals surface area contributed by atoms with Crippen LogP contribution in [0.3, 0.4) is 0 Å². The van der Waals surface area contributed by atoms with Gasteiger partial charge in [-0.15, -0.1) is 0 Å². The number of hydrogen-bond acceptors (Lipinski definition) is 4. The minimum absolute atomic E-state index is 0.0275. The molecule has 2 aliphatic carbocycles. The van der Waals surface area contributed by atoms with Gasteiger partial charge < -0.3 is 16.0 Å². The van der Waals surface area contributed by atoms with E-state index < -0.39 is 11.9 Å². The summed E-state index contributed by atoms with van der Waals surface area (Å²) in [6, 6.07) is 17.6. The number of aromatic nitrogens is 2. The third kappa shape index (κ3) is 4.14. The maximum Gasteiger partial charge on any atom is 0.269 e. The summed E-state index contributed by atoms with van der Waals surface area (Å²) in [6.07, 6.45) is 5.78. The van der Waals surface area contributed by atoms with E-state index in [0.29, 0.717) is 29.2 Å². The van der Waals surface area contributed by atoms with Crippen LogP contribution in [0.5, 0.6) is 0 Å². The molecule has 0 radical (unpaired) electrons. The van der Waals surface area contributed by atoms with Gasteiger partial charge in [-0.1, -0.05) is 55.0 Å². The highest BCUT2D eigenvalue weighted by Gasteiger charge is 2.56. The van der Waals surface area contributed by atoms with E-state index in [1.54, 1.807) is 11.0 Å². The molecule has 2 heterocycles. The minimum Gasteiger partial charge on any atom is -0.364 e. The molecule has 6 rings (SSSR count). The van der Waals surface area contributed by atoms with Gasteiger partial charge in [0.2, 0.25) is 11.8 Å². The third-order valence-corrected chi connectivity index (χ3v) is 8.16. The summed E-state index contributed by atoms with van der Waals surface area (Å²) in [7, 11) is 0. The second-order valence-electron chi connectivity index (χ2n) is 10.5. The largest absolute Gasteiger partial charge is 0.364 e.